The summed E-state index contributed by atoms with van der Waals surface area (Å²) in [5.74, 6) is 1.30. The van der Waals surface area contributed by atoms with Gasteiger partial charge in [-0.3, -0.25) is 9.78 Å². The monoisotopic (exact) mass is 310 g/mol. The number of pyridine rings is 1. The molecule has 1 aliphatic heterocycles. The van der Waals surface area contributed by atoms with E-state index in [-0.39, 0.29) is 11.9 Å². The fourth-order valence-electron chi connectivity index (χ4n) is 2.31. The van der Waals surface area contributed by atoms with Crippen LogP contribution in [0.4, 0.5) is 0 Å². The maximum absolute atomic E-state index is 12.0. The van der Waals surface area contributed by atoms with E-state index in [1.165, 1.54) is 6.08 Å². The Morgan fingerprint density at radius 3 is 2.83 bits per heavy atom. The molecule has 2 aromatic rings. The van der Waals surface area contributed by atoms with E-state index in [0.717, 1.165) is 22.8 Å². The number of rotatable bonds is 4. The molecule has 1 amide bonds. The van der Waals surface area contributed by atoms with E-state index in [4.69, 9.17) is 9.47 Å². The van der Waals surface area contributed by atoms with E-state index in [1.807, 2.05) is 43.3 Å². The molecule has 0 bridgehead atoms. The van der Waals surface area contributed by atoms with Gasteiger partial charge < -0.3 is 14.8 Å². The molecule has 0 saturated carbocycles. The lowest BCUT2D eigenvalue weighted by Crippen LogP contribution is -2.25. The van der Waals surface area contributed by atoms with Gasteiger partial charge in [0.2, 0.25) is 5.91 Å². The summed E-state index contributed by atoms with van der Waals surface area (Å²) in [5.41, 5.74) is 1.71. The van der Waals surface area contributed by atoms with Crippen LogP contribution in [0.5, 0.6) is 11.5 Å². The number of carbonyl (C=O) groups is 1. The number of benzene rings is 1. The minimum absolute atomic E-state index is 0.133. The van der Waals surface area contributed by atoms with Crippen molar-refractivity contribution in [3.8, 4) is 11.5 Å². The highest BCUT2D eigenvalue weighted by molar-refractivity contribution is 5.91. The largest absolute Gasteiger partial charge is 0.486 e. The molecule has 118 valence electrons. The Morgan fingerprint density at radius 1 is 1.22 bits per heavy atom. The van der Waals surface area contributed by atoms with Crippen LogP contribution >= 0.6 is 0 Å². The molecule has 23 heavy (non-hydrogen) atoms. The van der Waals surface area contributed by atoms with E-state index < -0.39 is 0 Å². The van der Waals surface area contributed by atoms with Crippen molar-refractivity contribution in [1.82, 2.24) is 10.3 Å². The van der Waals surface area contributed by atoms with Crippen molar-refractivity contribution in [2.24, 2.45) is 0 Å². The van der Waals surface area contributed by atoms with Gasteiger partial charge in [-0.05, 0) is 42.8 Å². The minimum Gasteiger partial charge on any atom is -0.486 e. The maximum atomic E-state index is 12.0. The van der Waals surface area contributed by atoms with Crippen molar-refractivity contribution in [1.29, 1.82) is 0 Å². The molecule has 5 nitrogen and oxygen atoms in total. The number of hydrogen-bond donors (Lipinski definition) is 1. The van der Waals surface area contributed by atoms with Crippen LogP contribution in [0.25, 0.3) is 6.08 Å². The van der Waals surface area contributed by atoms with Crippen LogP contribution in [0.3, 0.4) is 0 Å². The molecule has 1 N–H and O–H groups in total. The fraction of sp³-hybridized carbons (Fsp3) is 0.222. The molecule has 0 saturated heterocycles. The highest BCUT2D eigenvalue weighted by Gasteiger charge is 2.15. The van der Waals surface area contributed by atoms with Crippen LogP contribution in [-0.2, 0) is 4.79 Å². The van der Waals surface area contributed by atoms with E-state index >= 15 is 0 Å². The minimum atomic E-state index is -0.168. The summed E-state index contributed by atoms with van der Waals surface area (Å²) < 4.78 is 11.1. The molecule has 1 aromatic heterocycles. The SMILES string of the molecule is CC(NC(=O)/C=C/c1ccccn1)c1ccc2c(c1)OCCO2. The summed E-state index contributed by atoms with van der Waals surface area (Å²) in [7, 11) is 0. The average molecular weight is 310 g/mol. The lowest BCUT2D eigenvalue weighted by molar-refractivity contribution is -0.117. The molecule has 5 heteroatoms. The van der Waals surface area contributed by atoms with Gasteiger partial charge in [0.05, 0.1) is 11.7 Å². The molecule has 1 unspecified atom stereocenters. The number of nitrogens with one attached hydrogen (secondary N) is 1. The highest BCUT2D eigenvalue weighted by atomic mass is 16.6. The molecule has 0 fully saturated rings. The van der Waals surface area contributed by atoms with Gasteiger partial charge in [-0.15, -0.1) is 0 Å². The van der Waals surface area contributed by atoms with Crippen molar-refractivity contribution in [3.63, 3.8) is 0 Å². The molecule has 0 radical (unpaired) electrons. The standard InChI is InChI=1S/C18H18N2O3/c1-13(14-5-7-16-17(12-14)23-11-10-22-16)20-18(21)8-6-15-4-2-3-9-19-15/h2-9,12-13H,10-11H2,1H3,(H,20,21)/b8-6+. The van der Waals surface area contributed by atoms with Crippen LogP contribution < -0.4 is 14.8 Å². The van der Waals surface area contributed by atoms with E-state index in [9.17, 15) is 4.79 Å². The Bertz CT molecular complexity index is 713. The summed E-state index contributed by atoms with van der Waals surface area (Å²) >= 11 is 0. The lowest BCUT2D eigenvalue weighted by Gasteiger charge is -2.20. The summed E-state index contributed by atoms with van der Waals surface area (Å²) in [6.07, 6.45) is 4.86. The first-order chi connectivity index (χ1) is 11.2. The summed E-state index contributed by atoms with van der Waals surface area (Å²) in [5, 5.41) is 2.92. The molecule has 1 aliphatic rings. The van der Waals surface area contributed by atoms with Crippen LogP contribution in [0, 0.1) is 0 Å². The highest BCUT2D eigenvalue weighted by Crippen LogP contribution is 2.32. The van der Waals surface area contributed by atoms with Gasteiger partial charge in [-0.25, -0.2) is 0 Å². The smallest absolute Gasteiger partial charge is 0.244 e. The van der Waals surface area contributed by atoms with Gasteiger partial charge in [0.1, 0.15) is 13.2 Å². The second kappa shape index (κ2) is 6.96. The number of carbonyl (C=O) groups excluding carboxylic acids is 1. The van der Waals surface area contributed by atoms with E-state index in [2.05, 4.69) is 10.3 Å². The third-order valence-electron chi connectivity index (χ3n) is 3.52. The second-order valence-electron chi connectivity index (χ2n) is 5.22. The van der Waals surface area contributed by atoms with Gasteiger partial charge in [0.15, 0.2) is 11.5 Å². The van der Waals surface area contributed by atoms with Gasteiger partial charge in [-0.1, -0.05) is 12.1 Å². The summed E-state index contributed by atoms with van der Waals surface area (Å²) in [6, 6.07) is 11.1. The lowest BCUT2D eigenvalue weighted by atomic mass is 10.1. The molecular weight excluding hydrogens is 292 g/mol. The maximum Gasteiger partial charge on any atom is 0.244 e. The molecule has 1 aromatic carbocycles. The topological polar surface area (TPSA) is 60.5 Å². The van der Waals surface area contributed by atoms with Crippen molar-refractivity contribution >= 4 is 12.0 Å². The summed E-state index contributed by atoms with van der Waals surface area (Å²) in [4.78, 5) is 16.1. The third kappa shape index (κ3) is 3.88. The van der Waals surface area contributed by atoms with Gasteiger partial charge in [0.25, 0.3) is 0 Å². The molecule has 3 rings (SSSR count). The van der Waals surface area contributed by atoms with Crippen LogP contribution in [-0.4, -0.2) is 24.1 Å². The van der Waals surface area contributed by atoms with Crippen LogP contribution in [0.15, 0.2) is 48.7 Å². The first kappa shape index (κ1) is 15.1. The van der Waals surface area contributed by atoms with Crippen molar-refractivity contribution < 1.29 is 14.3 Å². The molecule has 2 heterocycles. The Balaban J connectivity index is 1.63. The molecule has 0 spiro atoms. The van der Waals surface area contributed by atoms with Gasteiger partial charge >= 0.3 is 0 Å². The molecule has 0 aliphatic carbocycles. The van der Waals surface area contributed by atoms with Crippen molar-refractivity contribution in [2.45, 2.75) is 13.0 Å². The Morgan fingerprint density at radius 2 is 2.04 bits per heavy atom. The number of ether oxygens (including phenoxy) is 2. The molecule has 1 atom stereocenters. The predicted molar refractivity (Wildman–Crippen MR) is 87.3 cm³/mol. The second-order valence-corrected chi connectivity index (χ2v) is 5.22. The number of hydrogen-bond acceptors (Lipinski definition) is 4. The van der Waals surface area contributed by atoms with Gasteiger partial charge in [-0.2, -0.15) is 0 Å². The Labute approximate surface area is 135 Å². The number of fused-ring (bicyclic) bond motifs is 1. The van der Waals surface area contributed by atoms with Crippen LogP contribution in [0.2, 0.25) is 0 Å². The Kier molecular flexibility index (Phi) is 4.57. The first-order valence-corrected chi connectivity index (χ1v) is 7.51. The zero-order chi connectivity index (χ0) is 16.1. The van der Waals surface area contributed by atoms with Gasteiger partial charge in [0, 0.05) is 12.3 Å². The van der Waals surface area contributed by atoms with E-state index in [1.54, 1.807) is 12.3 Å². The van der Waals surface area contributed by atoms with E-state index in [0.29, 0.717) is 13.2 Å². The fourth-order valence-corrected chi connectivity index (χ4v) is 2.31. The normalized spacial score (nSPS) is 14.5. The zero-order valence-electron chi connectivity index (χ0n) is 12.9. The Hall–Kier alpha value is -2.82. The quantitative estimate of drug-likeness (QED) is 0.882. The van der Waals surface area contributed by atoms with Crippen LogP contribution in [0.1, 0.15) is 24.2 Å². The van der Waals surface area contributed by atoms with Crippen molar-refractivity contribution in [2.75, 3.05) is 13.2 Å². The predicted octanol–water partition coefficient (Wildman–Crippen LogP) is 2.74. The number of nitrogens with zero attached hydrogens (tertiary/aromatic N) is 1. The molecular formula is C18H18N2O3. The third-order valence-corrected chi connectivity index (χ3v) is 3.52. The zero-order valence-corrected chi connectivity index (χ0v) is 12.9. The first-order valence-electron chi connectivity index (χ1n) is 7.51. The number of amides is 1. The average Bonchev–Trinajstić information content (AvgIpc) is 2.60. The van der Waals surface area contributed by atoms with Crippen molar-refractivity contribution in [3.05, 3.63) is 59.9 Å². The summed E-state index contributed by atoms with van der Waals surface area (Å²) in [6.45, 7) is 3.04. The number of aromatic nitrogens is 1.